The second-order valence-corrected chi connectivity index (χ2v) is 3.97. The number of hydrogen-bond acceptors (Lipinski definition) is 2. The van der Waals surface area contributed by atoms with Gasteiger partial charge in [-0.05, 0) is 12.1 Å². The van der Waals surface area contributed by atoms with Gasteiger partial charge in [0.25, 0.3) is 0 Å². The van der Waals surface area contributed by atoms with Crippen LogP contribution in [0, 0.1) is 11.3 Å². The molecule has 0 aliphatic rings. The second-order valence-electron chi connectivity index (χ2n) is 3.97. The number of para-hydroxylation sites is 1. The van der Waals surface area contributed by atoms with Crippen molar-refractivity contribution >= 4 is 0 Å². The number of nitrogens with zero attached hydrogens (tertiary/aromatic N) is 1. The van der Waals surface area contributed by atoms with Gasteiger partial charge in [-0.2, -0.15) is 14.0 Å². The number of ether oxygens (including phenoxy) is 1. The highest BCUT2D eigenvalue weighted by atomic mass is 19.3. The summed E-state index contributed by atoms with van der Waals surface area (Å²) in [5.41, 5.74) is 0.135. The van der Waals surface area contributed by atoms with Crippen LogP contribution < -0.4 is 4.74 Å². The first kappa shape index (κ1) is 13.0. The Hall–Kier alpha value is -2.41. The van der Waals surface area contributed by atoms with Gasteiger partial charge in [-0.3, -0.25) is 0 Å². The van der Waals surface area contributed by atoms with Crippen LogP contribution in [-0.2, 0) is 5.92 Å². The van der Waals surface area contributed by atoms with E-state index >= 15 is 0 Å². The van der Waals surface area contributed by atoms with E-state index in [1.165, 1.54) is 24.3 Å². The van der Waals surface area contributed by atoms with Crippen LogP contribution in [0.4, 0.5) is 8.78 Å². The SMILES string of the molecule is N#Cc1ccccc1OCC(F)(F)c1ccccc1. The van der Waals surface area contributed by atoms with E-state index in [9.17, 15) is 8.78 Å². The summed E-state index contributed by atoms with van der Waals surface area (Å²) >= 11 is 0. The van der Waals surface area contributed by atoms with Crippen molar-refractivity contribution in [2.24, 2.45) is 0 Å². The van der Waals surface area contributed by atoms with Crippen LogP contribution in [0.25, 0.3) is 0 Å². The molecule has 4 heteroatoms. The van der Waals surface area contributed by atoms with Crippen molar-refractivity contribution in [2.45, 2.75) is 5.92 Å². The van der Waals surface area contributed by atoms with Gasteiger partial charge in [-0.1, -0.05) is 42.5 Å². The number of alkyl halides is 2. The largest absolute Gasteiger partial charge is 0.486 e. The maximum absolute atomic E-state index is 13.9. The van der Waals surface area contributed by atoms with Gasteiger partial charge in [0, 0.05) is 5.56 Å². The molecule has 0 unspecified atom stereocenters. The van der Waals surface area contributed by atoms with Crippen molar-refractivity contribution in [3.8, 4) is 11.8 Å². The molecule has 2 aromatic carbocycles. The topological polar surface area (TPSA) is 33.0 Å². The molecule has 0 aliphatic carbocycles. The third kappa shape index (κ3) is 3.08. The normalized spacial score (nSPS) is 10.8. The van der Waals surface area contributed by atoms with Crippen LogP contribution in [-0.4, -0.2) is 6.61 Å². The van der Waals surface area contributed by atoms with E-state index in [0.29, 0.717) is 0 Å². The predicted octanol–water partition coefficient (Wildman–Crippen LogP) is 3.73. The molecule has 0 aliphatic heterocycles. The lowest BCUT2D eigenvalue weighted by Gasteiger charge is -2.17. The molecule has 0 fully saturated rings. The van der Waals surface area contributed by atoms with E-state index in [4.69, 9.17) is 10.00 Å². The monoisotopic (exact) mass is 259 g/mol. The van der Waals surface area contributed by atoms with Crippen LogP contribution in [0.2, 0.25) is 0 Å². The second kappa shape index (κ2) is 5.49. The van der Waals surface area contributed by atoms with E-state index < -0.39 is 12.5 Å². The van der Waals surface area contributed by atoms with Gasteiger partial charge in [0.1, 0.15) is 11.8 Å². The van der Waals surface area contributed by atoms with Crippen LogP contribution >= 0.6 is 0 Å². The highest BCUT2D eigenvalue weighted by Crippen LogP contribution is 2.29. The zero-order chi connectivity index (χ0) is 13.7. The Morgan fingerprint density at radius 3 is 2.32 bits per heavy atom. The Labute approximate surface area is 109 Å². The van der Waals surface area contributed by atoms with Gasteiger partial charge in [0.15, 0.2) is 6.61 Å². The third-order valence-electron chi connectivity index (χ3n) is 2.61. The van der Waals surface area contributed by atoms with Gasteiger partial charge in [-0.25, -0.2) is 0 Å². The average Bonchev–Trinajstić information content (AvgIpc) is 2.46. The quantitative estimate of drug-likeness (QED) is 0.838. The summed E-state index contributed by atoms with van der Waals surface area (Å²) in [5.74, 6) is -2.93. The van der Waals surface area contributed by atoms with Crippen molar-refractivity contribution < 1.29 is 13.5 Å². The Morgan fingerprint density at radius 2 is 1.63 bits per heavy atom. The molecular formula is C15H11F2NO. The summed E-state index contributed by atoms with van der Waals surface area (Å²) in [5, 5.41) is 8.85. The summed E-state index contributed by atoms with van der Waals surface area (Å²) in [7, 11) is 0. The molecule has 0 spiro atoms. The summed E-state index contributed by atoms with van der Waals surface area (Å²) < 4.78 is 32.8. The fourth-order valence-electron chi connectivity index (χ4n) is 1.62. The molecule has 19 heavy (non-hydrogen) atoms. The summed E-state index contributed by atoms with van der Waals surface area (Å²) in [6.45, 7) is -0.796. The Bertz CT molecular complexity index is 591. The molecule has 0 saturated carbocycles. The van der Waals surface area contributed by atoms with Gasteiger partial charge in [-0.15, -0.1) is 0 Å². The minimum absolute atomic E-state index is 0.107. The molecule has 0 N–H and O–H groups in total. The molecule has 0 heterocycles. The molecule has 2 aromatic rings. The first-order chi connectivity index (χ1) is 9.13. The number of halogens is 2. The average molecular weight is 259 g/mol. The molecule has 0 aromatic heterocycles. The molecule has 2 nitrogen and oxygen atoms in total. The van der Waals surface area contributed by atoms with Crippen molar-refractivity contribution in [3.63, 3.8) is 0 Å². The minimum atomic E-state index is -3.09. The van der Waals surface area contributed by atoms with Gasteiger partial charge < -0.3 is 4.74 Å². The van der Waals surface area contributed by atoms with E-state index in [-0.39, 0.29) is 16.9 Å². The fourth-order valence-corrected chi connectivity index (χ4v) is 1.62. The van der Waals surface area contributed by atoms with Crippen LogP contribution in [0.5, 0.6) is 5.75 Å². The van der Waals surface area contributed by atoms with Crippen LogP contribution in [0.3, 0.4) is 0 Å². The Balaban J connectivity index is 2.12. The molecule has 0 amide bonds. The summed E-state index contributed by atoms with van der Waals surface area (Å²) in [6.07, 6.45) is 0. The van der Waals surface area contributed by atoms with Crippen molar-refractivity contribution in [1.82, 2.24) is 0 Å². The van der Waals surface area contributed by atoms with E-state index in [1.54, 1.807) is 30.3 Å². The summed E-state index contributed by atoms with van der Waals surface area (Å²) in [4.78, 5) is 0. The zero-order valence-electron chi connectivity index (χ0n) is 10.0. The van der Waals surface area contributed by atoms with Gasteiger partial charge >= 0.3 is 5.92 Å². The highest BCUT2D eigenvalue weighted by molar-refractivity contribution is 5.42. The van der Waals surface area contributed by atoms with Gasteiger partial charge in [0.2, 0.25) is 0 Å². The molecular weight excluding hydrogens is 248 g/mol. The molecule has 0 bridgehead atoms. The van der Waals surface area contributed by atoms with Crippen molar-refractivity contribution in [2.75, 3.05) is 6.61 Å². The van der Waals surface area contributed by atoms with E-state index in [2.05, 4.69) is 0 Å². The van der Waals surface area contributed by atoms with Crippen molar-refractivity contribution in [1.29, 1.82) is 5.26 Å². The number of nitriles is 1. The third-order valence-corrected chi connectivity index (χ3v) is 2.61. The predicted molar refractivity (Wildman–Crippen MR) is 67.0 cm³/mol. The molecule has 0 saturated heterocycles. The molecule has 2 rings (SSSR count). The maximum atomic E-state index is 13.9. The molecule has 0 radical (unpaired) electrons. The van der Waals surface area contributed by atoms with E-state index in [0.717, 1.165) is 0 Å². The van der Waals surface area contributed by atoms with Crippen molar-refractivity contribution in [3.05, 3.63) is 65.7 Å². The number of benzene rings is 2. The number of rotatable bonds is 4. The minimum Gasteiger partial charge on any atom is -0.486 e. The first-order valence-corrected chi connectivity index (χ1v) is 5.69. The molecule has 96 valence electrons. The Kier molecular flexibility index (Phi) is 3.76. The van der Waals surface area contributed by atoms with E-state index in [1.807, 2.05) is 6.07 Å². The lowest BCUT2D eigenvalue weighted by Crippen LogP contribution is -2.23. The van der Waals surface area contributed by atoms with Crippen LogP contribution in [0.1, 0.15) is 11.1 Å². The standard InChI is InChI=1S/C15H11F2NO/c16-15(17,13-7-2-1-3-8-13)11-19-14-9-5-4-6-12(14)10-18/h1-9H,11H2. The highest BCUT2D eigenvalue weighted by Gasteiger charge is 2.32. The number of hydrogen-bond donors (Lipinski definition) is 0. The van der Waals surface area contributed by atoms with Crippen LogP contribution in [0.15, 0.2) is 54.6 Å². The maximum Gasteiger partial charge on any atom is 0.306 e. The molecule has 0 atom stereocenters. The lowest BCUT2D eigenvalue weighted by atomic mass is 10.1. The first-order valence-electron chi connectivity index (χ1n) is 5.69. The zero-order valence-corrected chi connectivity index (χ0v) is 10.0. The summed E-state index contributed by atoms with van der Waals surface area (Å²) in [6, 6.07) is 15.7. The smallest absolute Gasteiger partial charge is 0.306 e. The van der Waals surface area contributed by atoms with Gasteiger partial charge in [0.05, 0.1) is 5.56 Å². The Morgan fingerprint density at radius 1 is 1.00 bits per heavy atom. The fraction of sp³-hybridized carbons (Fsp3) is 0.133. The lowest BCUT2D eigenvalue weighted by molar-refractivity contribution is -0.0467.